The second-order valence-corrected chi connectivity index (χ2v) is 13.1. The summed E-state index contributed by atoms with van der Waals surface area (Å²) in [5.41, 5.74) is 1.67. The zero-order valence-electron chi connectivity index (χ0n) is 25.0. The van der Waals surface area contributed by atoms with Crippen molar-refractivity contribution < 1.29 is 27.1 Å². The van der Waals surface area contributed by atoms with Gasteiger partial charge in [0.25, 0.3) is 10.0 Å². The van der Waals surface area contributed by atoms with E-state index >= 15 is 0 Å². The van der Waals surface area contributed by atoms with Crippen molar-refractivity contribution in [3.8, 4) is 5.75 Å². The molecule has 2 amide bonds. The summed E-state index contributed by atoms with van der Waals surface area (Å²) in [4.78, 5) is 29.4. The van der Waals surface area contributed by atoms with Crippen molar-refractivity contribution in [2.24, 2.45) is 0 Å². The topological polar surface area (TPSA) is 96.0 Å². The Bertz CT molecular complexity index is 1690. The minimum absolute atomic E-state index is 0.0369. The first-order chi connectivity index (χ1) is 21.6. The Kier molecular flexibility index (Phi) is 11.7. The number of carbonyl (C=O) groups excluding carboxylic acids is 2. The van der Waals surface area contributed by atoms with Crippen LogP contribution in [0.25, 0.3) is 0 Å². The largest absolute Gasteiger partial charge is 0.497 e. The second kappa shape index (κ2) is 15.7. The quantitative estimate of drug-likeness (QED) is 0.176. The number of nitrogens with zero attached hydrogens (tertiary/aromatic N) is 2. The van der Waals surface area contributed by atoms with Crippen LogP contribution in [0.1, 0.15) is 24.5 Å². The monoisotopic (exact) mass is 695 g/mol. The van der Waals surface area contributed by atoms with Crippen LogP contribution < -0.4 is 14.4 Å². The van der Waals surface area contributed by atoms with Gasteiger partial charge in [0.2, 0.25) is 11.8 Å². The third-order valence-corrected chi connectivity index (χ3v) is 9.38. The zero-order valence-corrected chi connectivity index (χ0v) is 27.4. The number of methoxy groups -OCH3 is 1. The molecule has 4 rings (SSSR count). The van der Waals surface area contributed by atoms with Gasteiger partial charge < -0.3 is 15.0 Å². The van der Waals surface area contributed by atoms with E-state index in [1.54, 1.807) is 0 Å². The van der Waals surface area contributed by atoms with Crippen molar-refractivity contribution in [1.82, 2.24) is 10.2 Å². The minimum atomic E-state index is -4.32. The molecule has 0 aliphatic heterocycles. The summed E-state index contributed by atoms with van der Waals surface area (Å²) in [6.07, 6.45) is 0.903. The minimum Gasteiger partial charge on any atom is -0.497 e. The summed E-state index contributed by atoms with van der Waals surface area (Å²) < 4.78 is 48.9. The molecule has 11 heteroatoms. The first-order valence-electron chi connectivity index (χ1n) is 14.4. The fourth-order valence-electron chi connectivity index (χ4n) is 4.76. The predicted octanol–water partition coefficient (Wildman–Crippen LogP) is 5.96. The molecule has 1 atom stereocenters. The lowest BCUT2D eigenvalue weighted by atomic mass is 10.0. The van der Waals surface area contributed by atoms with Crippen molar-refractivity contribution in [3.05, 3.63) is 125 Å². The van der Waals surface area contributed by atoms with Crippen molar-refractivity contribution in [3.63, 3.8) is 0 Å². The van der Waals surface area contributed by atoms with Gasteiger partial charge in [0.05, 0.1) is 17.7 Å². The highest BCUT2D eigenvalue weighted by atomic mass is 79.9. The standard InChI is InChI=1S/C34H35BrFN3O5S/c1-3-20-37-34(41)32(22-25-8-5-4-6-9-25)38(23-26-10-7-11-27(35)21-26)33(40)24-39(29-14-12-28(36)13-15-29)45(42,43)31-18-16-30(44-2)17-19-31/h4-19,21,32H,3,20,22-24H2,1-2H3,(H,37,41). The van der Waals surface area contributed by atoms with Crippen molar-refractivity contribution in [2.75, 3.05) is 24.5 Å². The maximum Gasteiger partial charge on any atom is 0.264 e. The summed E-state index contributed by atoms with van der Waals surface area (Å²) in [5, 5.41) is 2.92. The van der Waals surface area contributed by atoms with E-state index in [1.165, 1.54) is 48.4 Å². The molecule has 236 valence electrons. The maximum atomic E-state index is 14.4. The Morgan fingerprint density at radius 1 is 0.911 bits per heavy atom. The van der Waals surface area contributed by atoms with Crippen LogP contribution in [-0.2, 0) is 32.6 Å². The fraction of sp³-hybridized carbons (Fsp3) is 0.235. The number of hydrogen-bond donors (Lipinski definition) is 1. The van der Waals surface area contributed by atoms with E-state index in [1.807, 2.05) is 61.5 Å². The number of benzene rings is 4. The molecule has 8 nitrogen and oxygen atoms in total. The highest BCUT2D eigenvalue weighted by Gasteiger charge is 2.34. The van der Waals surface area contributed by atoms with E-state index in [0.717, 1.165) is 32.0 Å². The van der Waals surface area contributed by atoms with E-state index < -0.39 is 34.3 Å². The van der Waals surface area contributed by atoms with Crippen LogP contribution in [0.5, 0.6) is 5.75 Å². The molecule has 0 saturated heterocycles. The SMILES string of the molecule is CCCNC(=O)C(Cc1ccccc1)N(Cc1cccc(Br)c1)C(=O)CN(c1ccc(F)cc1)S(=O)(=O)c1ccc(OC)cc1. The third kappa shape index (κ3) is 8.92. The molecule has 1 unspecified atom stereocenters. The molecule has 0 fully saturated rings. The molecular formula is C34H35BrFN3O5S. The second-order valence-electron chi connectivity index (χ2n) is 10.3. The molecule has 1 N–H and O–H groups in total. The number of amides is 2. The first kappa shape index (κ1) is 33.7. The van der Waals surface area contributed by atoms with Crippen LogP contribution in [0.15, 0.2) is 112 Å². The summed E-state index contributed by atoms with van der Waals surface area (Å²) in [5.74, 6) is -1.06. The Labute approximate surface area is 272 Å². The lowest BCUT2D eigenvalue weighted by Gasteiger charge is -2.34. The third-order valence-electron chi connectivity index (χ3n) is 7.10. The molecule has 0 aliphatic rings. The summed E-state index contributed by atoms with van der Waals surface area (Å²) >= 11 is 3.47. The Balaban J connectivity index is 1.79. The van der Waals surface area contributed by atoms with Crippen LogP contribution in [-0.4, -0.2) is 51.4 Å². The van der Waals surface area contributed by atoms with Crippen LogP contribution in [0.2, 0.25) is 0 Å². The highest BCUT2D eigenvalue weighted by molar-refractivity contribution is 9.10. The number of sulfonamides is 1. The van der Waals surface area contributed by atoms with Crippen LogP contribution in [0, 0.1) is 5.82 Å². The highest BCUT2D eigenvalue weighted by Crippen LogP contribution is 2.27. The molecular weight excluding hydrogens is 661 g/mol. The van der Waals surface area contributed by atoms with Gasteiger partial charge in [-0.15, -0.1) is 0 Å². The lowest BCUT2D eigenvalue weighted by molar-refractivity contribution is -0.140. The Hall–Kier alpha value is -4.22. The van der Waals surface area contributed by atoms with Crippen molar-refractivity contribution >= 4 is 43.5 Å². The number of carbonyl (C=O) groups is 2. The van der Waals surface area contributed by atoms with Crippen LogP contribution in [0.3, 0.4) is 0 Å². The average Bonchev–Trinajstić information content (AvgIpc) is 3.05. The molecule has 45 heavy (non-hydrogen) atoms. The molecule has 0 spiro atoms. The predicted molar refractivity (Wildman–Crippen MR) is 176 cm³/mol. The van der Waals surface area contributed by atoms with Gasteiger partial charge in [-0.1, -0.05) is 65.3 Å². The van der Waals surface area contributed by atoms with Gasteiger partial charge in [0.1, 0.15) is 24.2 Å². The Morgan fingerprint density at radius 3 is 2.20 bits per heavy atom. The number of rotatable bonds is 14. The molecule has 0 aliphatic carbocycles. The van der Waals surface area contributed by atoms with Gasteiger partial charge >= 0.3 is 0 Å². The fourth-order valence-corrected chi connectivity index (χ4v) is 6.62. The maximum absolute atomic E-state index is 14.4. The summed E-state index contributed by atoms with van der Waals surface area (Å²) in [6.45, 7) is 1.74. The van der Waals surface area contributed by atoms with Crippen LogP contribution >= 0.6 is 15.9 Å². The number of ether oxygens (including phenoxy) is 1. The van der Waals surface area contributed by atoms with E-state index in [2.05, 4.69) is 21.2 Å². The average molecular weight is 697 g/mol. The van der Waals surface area contributed by atoms with E-state index in [-0.39, 0.29) is 29.5 Å². The summed E-state index contributed by atoms with van der Waals surface area (Å²) in [6, 6.07) is 26.4. The number of nitrogens with one attached hydrogen (secondary N) is 1. The molecule has 0 bridgehead atoms. The molecule has 4 aromatic carbocycles. The van der Waals surface area contributed by atoms with E-state index in [9.17, 15) is 22.4 Å². The van der Waals surface area contributed by atoms with E-state index in [4.69, 9.17) is 4.74 Å². The first-order valence-corrected chi connectivity index (χ1v) is 16.6. The van der Waals surface area contributed by atoms with Crippen molar-refractivity contribution in [2.45, 2.75) is 37.2 Å². The molecule has 0 aromatic heterocycles. The molecule has 4 aromatic rings. The van der Waals surface area contributed by atoms with Gasteiger partial charge in [-0.25, -0.2) is 12.8 Å². The van der Waals surface area contributed by atoms with Crippen LogP contribution in [0.4, 0.5) is 10.1 Å². The zero-order chi connectivity index (χ0) is 32.4. The smallest absolute Gasteiger partial charge is 0.264 e. The van der Waals surface area contributed by atoms with E-state index in [0.29, 0.717) is 18.7 Å². The van der Waals surface area contributed by atoms with Crippen molar-refractivity contribution in [1.29, 1.82) is 0 Å². The summed E-state index contributed by atoms with van der Waals surface area (Å²) in [7, 11) is -2.85. The Morgan fingerprint density at radius 2 is 1.58 bits per heavy atom. The lowest BCUT2D eigenvalue weighted by Crippen LogP contribution is -2.53. The molecule has 0 heterocycles. The van der Waals surface area contributed by atoms with Gasteiger partial charge in [-0.05, 0) is 78.2 Å². The van der Waals surface area contributed by atoms with Gasteiger partial charge in [0.15, 0.2) is 0 Å². The number of halogens is 2. The molecule has 0 radical (unpaired) electrons. The normalized spacial score (nSPS) is 11.8. The number of hydrogen-bond acceptors (Lipinski definition) is 5. The van der Waals surface area contributed by atoms with Gasteiger partial charge in [-0.3, -0.25) is 13.9 Å². The van der Waals surface area contributed by atoms with Gasteiger partial charge in [0, 0.05) is 24.0 Å². The number of anilines is 1. The van der Waals surface area contributed by atoms with Gasteiger partial charge in [-0.2, -0.15) is 0 Å². The molecule has 0 saturated carbocycles.